The lowest BCUT2D eigenvalue weighted by Gasteiger charge is -2.04. The Hall–Kier alpha value is -2.62. The second kappa shape index (κ2) is 18.7. The molecule has 3 nitrogen and oxygen atoms in total. The van der Waals surface area contributed by atoms with Crippen LogP contribution in [0.2, 0.25) is 0 Å². The highest BCUT2D eigenvalue weighted by molar-refractivity contribution is 5.31. The van der Waals surface area contributed by atoms with Gasteiger partial charge in [-0.1, -0.05) is 105 Å². The third kappa shape index (κ3) is 13.8. The Labute approximate surface area is 158 Å². The summed E-state index contributed by atoms with van der Waals surface area (Å²) in [7, 11) is 0. The molecule has 0 unspecified atom stereocenters. The van der Waals surface area contributed by atoms with Gasteiger partial charge in [0.1, 0.15) is 5.75 Å². The molecule has 0 saturated heterocycles. The molecule has 0 amide bonds. The molecule has 0 aliphatic rings. The molecule has 0 atom stereocenters. The predicted octanol–water partition coefficient (Wildman–Crippen LogP) is 4.87. The molecule has 0 aliphatic carbocycles. The zero-order chi connectivity index (χ0) is 19.3. The summed E-state index contributed by atoms with van der Waals surface area (Å²) in [5.74, 6) is 0.294. The highest BCUT2D eigenvalue weighted by Gasteiger charge is 1.96. The van der Waals surface area contributed by atoms with E-state index in [0.29, 0.717) is 18.8 Å². The number of phenolic OH excluding ortho intramolecular Hbond substituents is 1. The van der Waals surface area contributed by atoms with Gasteiger partial charge in [-0.2, -0.15) is 0 Å². The molecular formula is C23H31NO2. The van der Waals surface area contributed by atoms with E-state index in [2.05, 4.69) is 5.32 Å². The van der Waals surface area contributed by atoms with E-state index in [4.69, 9.17) is 5.11 Å². The molecule has 0 heterocycles. The van der Waals surface area contributed by atoms with Gasteiger partial charge in [0.15, 0.2) is 0 Å². The molecule has 0 radical (unpaired) electrons. The fourth-order valence-electron chi connectivity index (χ4n) is 1.73. The number of hydrogen-bond donors (Lipinski definition) is 3. The number of aliphatic hydroxyl groups excluding tert-OH is 1. The van der Waals surface area contributed by atoms with Crippen molar-refractivity contribution in [3.05, 3.63) is 103 Å². The Morgan fingerprint density at radius 1 is 0.654 bits per heavy atom. The standard InChI is InChI=1S/C9H13NO2.2C6H6.C2H6/c11-6-5-10-7-8-3-1-2-4-9(8)12;2*1-2-4-6-5-3-1;1-2/h1-4,10-12H,5-7H2;2*1-6H;1-2H3. The van der Waals surface area contributed by atoms with E-state index in [1.165, 1.54) is 0 Å². The maximum Gasteiger partial charge on any atom is 0.120 e. The van der Waals surface area contributed by atoms with Crippen LogP contribution in [0.4, 0.5) is 0 Å². The highest BCUT2D eigenvalue weighted by atomic mass is 16.3. The van der Waals surface area contributed by atoms with Crippen molar-refractivity contribution in [3.8, 4) is 5.75 Å². The quantitative estimate of drug-likeness (QED) is 0.586. The SMILES string of the molecule is CC.OCCNCc1ccccc1O.c1ccccc1.c1ccccc1. The van der Waals surface area contributed by atoms with Crippen LogP contribution >= 0.6 is 0 Å². The number of para-hydroxylation sites is 1. The first-order valence-electron chi connectivity index (χ1n) is 8.93. The van der Waals surface area contributed by atoms with Crippen LogP contribution in [-0.2, 0) is 6.54 Å². The maximum atomic E-state index is 9.31. The summed E-state index contributed by atoms with van der Waals surface area (Å²) in [6, 6.07) is 31.1. The smallest absolute Gasteiger partial charge is 0.120 e. The summed E-state index contributed by atoms with van der Waals surface area (Å²) in [5.41, 5.74) is 0.853. The van der Waals surface area contributed by atoms with E-state index in [1.54, 1.807) is 12.1 Å². The lowest BCUT2D eigenvalue weighted by atomic mass is 10.2. The van der Waals surface area contributed by atoms with Gasteiger partial charge in [0, 0.05) is 18.7 Å². The van der Waals surface area contributed by atoms with E-state index in [1.807, 2.05) is 98.8 Å². The van der Waals surface area contributed by atoms with Crippen LogP contribution in [0.3, 0.4) is 0 Å². The number of aliphatic hydroxyl groups is 1. The Kier molecular flexibility index (Phi) is 16.8. The lowest BCUT2D eigenvalue weighted by molar-refractivity contribution is 0.291. The van der Waals surface area contributed by atoms with Crippen LogP contribution < -0.4 is 5.32 Å². The molecule has 140 valence electrons. The maximum absolute atomic E-state index is 9.31. The van der Waals surface area contributed by atoms with Gasteiger partial charge in [-0.05, 0) is 6.07 Å². The second-order valence-corrected chi connectivity index (χ2v) is 4.84. The summed E-state index contributed by atoms with van der Waals surface area (Å²) >= 11 is 0. The second-order valence-electron chi connectivity index (χ2n) is 4.84. The number of phenols is 1. The van der Waals surface area contributed by atoms with Gasteiger partial charge in [-0.15, -0.1) is 0 Å². The monoisotopic (exact) mass is 353 g/mol. The average molecular weight is 354 g/mol. The van der Waals surface area contributed by atoms with Crippen LogP contribution in [0.15, 0.2) is 97.1 Å². The Bertz CT molecular complexity index is 530. The van der Waals surface area contributed by atoms with E-state index in [9.17, 15) is 5.11 Å². The first-order chi connectivity index (χ1) is 12.8. The molecule has 3 rings (SSSR count). The van der Waals surface area contributed by atoms with Crippen molar-refractivity contribution in [3.63, 3.8) is 0 Å². The summed E-state index contributed by atoms with van der Waals surface area (Å²) in [4.78, 5) is 0. The van der Waals surface area contributed by atoms with Crippen molar-refractivity contribution in [2.45, 2.75) is 20.4 Å². The van der Waals surface area contributed by atoms with Crippen LogP contribution in [0.25, 0.3) is 0 Å². The molecule has 3 N–H and O–H groups in total. The molecule has 0 spiro atoms. The number of hydrogen-bond acceptors (Lipinski definition) is 3. The summed E-state index contributed by atoms with van der Waals surface area (Å²) in [6.45, 7) is 5.26. The fraction of sp³-hybridized carbons (Fsp3) is 0.217. The molecule has 0 fully saturated rings. The third-order valence-corrected chi connectivity index (χ3v) is 2.93. The average Bonchev–Trinajstić information content (AvgIpc) is 2.75. The molecule has 0 aromatic heterocycles. The minimum atomic E-state index is 0.119. The first kappa shape index (κ1) is 23.4. The molecular weight excluding hydrogens is 322 g/mol. The van der Waals surface area contributed by atoms with Crippen molar-refractivity contribution >= 4 is 0 Å². The molecule has 0 aliphatic heterocycles. The van der Waals surface area contributed by atoms with Crippen molar-refractivity contribution in [1.82, 2.24) is 5.32 Å². The van der Waals surface area contributed by atoms with Crippen molar-refractivity contribution in [1.29, 1.82) is 0 Å². The van der Waals surface area contributed by atoms with Crippen molar-refractivity contribution in [2.75, 3.05) is 13.2 Å². The van der Waals surface area contributed by atoms with Crippen molar-refractivity contribution < 1.29 is 10.2 Å². The third-order valence-electron chi connectivity index (χ3n) is 2.93. The van der Waals surface area contributed by atoms with Gasteiger partial charge in [-0.3, -0.25) is 0 Å². The Balaban J connectivity index is 0.000000375. The van der Waals surface area contributed by atoms with E-state index in [-0.39, 0.29) is 6.61 Å². The Morgan fingerprint density at radius 2 is 1.04 bits per heavy atom. The van der Waals surface area contributed by atoms with Gasteiger partial charge in [0.2, 0.25) is 0 Å². The number of rotatable bonds is 4. The molecule has 0 bridgehead atoms. The minimum absolute atomic E-state index is 0.119. The molecule has 3 heteroatoms. The number of aromatic hydroxyl groups is 1. The summed E-state index contributed by atoms with van der Waals surface area (Å²) < 4.78 is 0. The molecule has 3 aromatic carbocycles. The van der Waals surface area contributed by atoms with Gasteiger partial charge < -0.3 is 15.5 Å². The van der Waals surface area contributed by atoms with Crippen LogP contribution in [0.5, 0.6) is 5.75 Å². The highest BCUT2D eigenvalue weighted by Crippen LogP contribution is 2.14. The van der Waals surface area contributed by atoms with Crippen molar-refractivity contribution in [2.24, 2.45) is 0 Å². The largest absolute Gasteiger partial charge is 0.508 e. The number of benzene rings is 3. The van der Waals surface area contributed by atoms with Crippen LogP contribution in [-0.4, -0.2) is 23.4 Å². The van der Waals surface area contributed by atoms with Crippen LogP contribution in [0.1, 0.15) is 19.4 Å². The Morgan fingerprint density at radius 3 is 1.38 bits per heavy atom. The zero-order valence-electron chi connectivity index (χ0n) is 15.8. The van der Waals surface area contributed by atoms with Gasteiger partial charge in [-0.25, -0.2) is 0 Å². The molecule has 26 heavy (non-hydrogen) atoms. The topological polar surface area (TPSA) is 52.5 Å². The van der Waals surface area contributed by atoms with E-state index >= 15 is 0 Å². The number of nitrogens with one attached hydrogen (secondary N) is 1. The molecule has 0 saturated carbocycles. The van der Waals surface area contributed by atoms with E-state index < -0.39 is 0 Å². The normalized spacial score (nSPS) is 8.58. The fourth-order valence-corrected chi connectivity index (χ4v) is 1.73. The summed E-state index contributed by atoms with van der Waals surface area (Å²) in [6.07, 6.45) is 0. The van der Waals surface area contributed by atoms with Crippen LogP contribution in [0, 0.1) is 0 Å². The van der Waals surface area contributed by atoms with Gasteiger partial charge in [0.05, 0.1) is 6.61 Å². The lowest BCUT2D eigenvalue weighted by Crippen LogP contribution is -2.17. The van der Waals surface area contributed by atoms with Gasteiger partial charge >= 0.3 is 0 Å². The minimum Gasteiger partial charge on any atom is -0.508 e. The summed E-state index contributed by atoms with van der Waals surface area (Å²) in [5, 5.41) is 20.8. The zero-order valence-corrected chi connectivity index (χ0v) is 15.8. The molecule has 3 aromatic rings. The van der Waals surface area contributed by atoms with E-state index in [0.717, 1.165) is 5.56 Å². The predicted molar refractivity (Wildman–Crippen MR) is 111 cm³/mol. The van der Waals surface area contributed by atoms with Gasteiger partial charge in [0.25, 0.3) is 0 Å². The first-order valence-corrected chi connectivity index (χ1v) is 8.93.